The quantitative estimate of drug-likeness (QED) is 0.794. The van der Waals surface area contributed by atoms with E-state index >= 15 is 0 Å². The molecule has 0 radical (unpaired) electrons. The second kappa shape index (κ2) is 4.81. The summed E-state index contributed by atoms with van der Waals surface area (Å²) in [5.74, 6) is -0.388. The minimum absolute atomic E-state index is 0.169. The summed E-state index contributed by atoms with van der Waals surface area (Å²) in [5, 5.41) is 2.42. The number of rotatable bonds is 2. The normalized spacial score (nSPS) is 23.4. The lowest BCUT2D eigenvalue weighted by Crippen LogP contribution is -2.52. The van der Waals surface area contributed by atoms with Crippen LogP contribution < -0.4 is 5.32 Å². The lowest BCUT2D eigenvalue weighted by Gasteiger charge is -2.32. The second-order valence-electron chi connectivity index (χ2n) is 3.85. The van der Waals surface area contributed by atoms with E-state index < -0.39 is 21.6 Å². The number of carbonyl (C=O) groups excluding carboxylic acids is 1. The van der Waals surface area contributed by atoms with Crippen LogP contribution in [0.3, 0.4) is 0 Å². The number of carbonyl (C=O) groups is 1. The molecule has 1 heterocycles. The molecule has 1 rings (SSSR count). The highest BCUT2D eigenvalue weighted by molar-refractivity contribution is 7.90. The average molecular weight is 274 g/mol. The van der Waals surface area contributed by atoms with Gasteiger partial charge in [0.2, 0.25) is 5.91 Å². The van der Waals surface area contributed by atoms with Crippen molar-refractivity contribution in [2.75, 3.05) is 13.1 Å². The minimum Gasteiger partial charge on any atom is -0.352 e. The number of piperidine rings is 1. The smallest absolute Gasteiger partial charge is 0.352 e. The van der Waals surface area contributed by atoms with Gasteiger partial charge in [0.05, 0.1) is 0 Å². The topological polar surface area (TPSA) is 66.5 Å². The van der Waals surface area contributed by atoms with E-state index in [1.807, 2.05) is 0 Å². The van der Waals surface area contributed by atoms with Crippen molar-refractivity contribution in [3.8, 4) is 0 Å². The largest absolute Gasteiger partial charge is 0.511 e. The van der Waals surface area contributed by atoms with Gasteiger partial charge < -0.3 is 5.32 Å². The summed E-state index contributed by atoms with van der Waals surface area (Å²) in [7, 11) is -5.29. The molecule has 0 unspecified atom stereocenters. The summed E-state index contributed by atoms with van der Waals surface area (Å²) < 4.78 is 59.5. The lowest BCUT2D eigenvalue weighted by atomic mass is 10.1. The van der Waals surface area contributed by atoms with Crippen molar-refractivity contribution in [3.05, 3.63) is 0 Å². The third-order valence-corrected chi connectivity index (χ3v) is 4.02. The van der Waals surface area contributed by atoms with Crippen molar-refractivity contribution >= 4 is 15.9 Å². The molecule has 1 fully saturated rings. The van der Waals surface area contributed by atoms with Gasteiger partial charge in [0.1, 0.15) is 0 Å². The zero-order valence-electron chi connectivity index (χ0n) is 9.12. The number of nitrogens with one attached hydrogen (secondary N) is 1. The van der Waals surface area contributed by atoms with Gasteiger partial charge in [0.25, 0.3) is 0 Å². The molecular formula is C8H13F3N2O3S. The van der Waals surface area contributed by atoms with Crippen molar-refractivity contribution < 1.29 is 26.4 Å². The fourth-order valence-corrected chi connectivity index (χ4v) is 2.75. The van der Waals surface area contributed by atoms with Crippen LogP contribution in [0.15, 0.2) is 0 Å². The van der Waals surface area contributed by atoms with Crippen LogP contribution in [0.1, 0.15) is 19.8 Å². The Kier molecular flexibility index (Phi) is 4.03. The van der Waals surface area contributed by atoms with E-state index in [0.717, 1.165) is 0 Å². The van der Waals surface area contributed by atoms with Gasteiger partial charge in [-0.15, -0.1) is 0 Å². The molecule has 0 aromatic carbocycles. The Balaban J connectivity index is 2.77. The molecule has 0 bridgehead atoms. The lowest BCUT2D eigenvalue weighted by molar-refractivity contribution is -0.119. The van der Waals surface area contributed by atoms with Crippen molar-refractivity contribution in [2.45, 2.75) is 31.3 Å². The number of alkyl halides is 3. The minimum atomic E-state index is -5.29. The van der Waals surface area contributed by atoms with Crippen LogP contribution in [-0.4, -0.2) is 43.3 Å². The summed E-state index contributed by atoms with van der Waals surface area (Å²) in [6, 6.07) is -0.557. The molecule has 1 aliphatic rings. The van der Waals surface area contributed by atoms with Gasteiger partial charge in [-0.1, -0.05) is 0 Å². The summed E-state index contributed by atoms with van der Waals surface area (Å²) in [6.45, 7) is 0.733. The Bertz CT molecular complexity index is 393. The molecule has 9 heteroatoms. The van der Waals surface area contributed by atoms with E-state index in [0.29, 0.717) is 17.1 Å². The van der Waals surface area contributed by atoms with Crippen molar-refractivity contribution in [2.24, 2.45) is 0 Å². The van der Waals surface area contributed by atoms with Crippen LogP contribution in [-0.2, 0) is 14.8 Å². The highest BCUT2D eigenvalue weighted by atomic mass is 32.2. The summed E-state index contributed by atoms with van der Waals surface area (Å²) in [5.41, 5.74) is -5.29. The molecule has 0 aliphatic carbocycles. The van der Waals surface area contributed by atoms with Crippen LogP contribution in [0.5, 0.6) is 0 Å². The third kappa shape index (κ3) is 3.32. The number of amides is 1. The number of hydrogen-bond donors (Lipinski definition) is 1. The van der Waals surface area contributed by atoms with Gasteiger partial charge in [0, 0.05) is 26.1 Å². The molecule has 0 spiro atoms. The van der Waals surface area contributed by atoms with E-state index in [2.05, 4.69) is 5.32 Å². The maximum Gasteiger partial charge on any atom is 0.511 e. The van der Waals surface area contributed by atoms with E-state index in [-0.39, 0.29) is 19.0 Å². The average Bonchev–Trinajstić information content (AvgIpc) is 2.15. The Morgan fingerprint density at radius 3 is 2.47 bits per heavy atom. The van der Waals surface area contributed by atoms with E-state index in [9.17, 15) is 26.4 Å². The van der Waals surface area contributed by atoms with Gasteiger partial charge >= 0.3 is 15.5 Å². The molecular weight excluding hydrogens is 261 g/mol. The molecule has 1 saturated heterocycles. The standard InChI is InChI=1S/C8H13F3N2O3S/c1-6(14)12-7-3-2-4-13(5-7)17(15,16)8(9,10)11/h7H,2-5H2,1H3,(H,12,14)/t7-/m0/s1. The molecule has 0 aromatic rings. The van der Waals surface area contributed by atoms with Crippen LogP contribution in [0.25, 0.3) is 0 Å². The fraction of sp³-hybridized carbons (Fsp3) is 0.875. The Labute approximate surface area is 97.0 Å². The van der Waals surface area contributed by atoms with Crippen molar-refractivity contribution in [1.82, 2.24) is 9.62 Å². The second-order valence-corrected chi connectivity index (χ2v) is 5.78. The summed E-state index contributed by atoms with van der Waals surface area (Å²) >= 11 is 0. The first-order chi connectivity index (χ1) is 7.64. The van der Waals surface area contributed by atoms with Crippen molar-refractivity contribution in [1.29, 1.82) is 0 Å². The highest BCUT2D eigenvalue weighted by Crippen LogP contribution is 2.28. The highest BCUT2D eigenvalue weighted by Gasteiger charge is 2.50. The monoisotopic (exact) mass is 274 g/mol. The van der Waals surface area contributed by atoms with Gasteiger partial charge in [-0.3, -0.25) is 4.79 Å². The SMILES string of the molecule is CC(=O)N[C@H]1CCCN(S(=O)(=O)C(F)(F)F)C1. The first kappa shape index (κ1) is 14.2. The first-order valence-electron chi connectivity index (χ1n) is 4.98. The van der Waals surface area contributed by atoms with E-state index in [4.69, 9.17) is 0 Å². The van der Waals surface area contributed by atoms with Crippen LogP contribution >= 0.6 is 0 Å². The number of halogens is 3. The zero-order valence-corrected chi connectivity index (χ0v) is 9.94. The van der Waals surface area contributed by atoms with Crippen LogP contribution in [0, 0.1) is 0 Å². The van der Waals surface area contributed by atoms with E-state index in [1.54, 1.807) is 0 Å². The first-order valence-corrected chi connectivity index (χ1v) is 6.42. The maximum atomic E-state index is 12.3. The Hall–Kier alpha value is -0.830. The molecule has 1 N–H and O–H groups in total. The van der Waals surface area contributed by atoms with Crippen LogP contribution in [0.2, 0.25) is 0 Å². The Morgan fingerprint density at radius 2 is 2.00 bits per heavy atom. The van der Waals surface area contributed by atoms with Gasteiger partial charge in [-0.2, -0.15) is 17.5 Å². The fourth-order valence-electron chi connectivity index (χ4n) is 1.71. The number of nitrogens with zero attached hydrogens (tertiary/aromatic N) is 1. The molecule has 100 valence electrons. The third-order valence-electron chi connectivity index (χ3n) is 2.42. The molecule has 1 aliphatic heterocycles. The van der Waals surface area contributed by atoms with Crippen LogP contribution in [0.4, 0.5) is 13.2 Å². The predicted molar refractivity (Wildman–Crippen MR) is 53.4 cm³/mol. The predicted octanol–water partition coefficient (Wildman–Crippen LogP) is 0.437. The zero-order chi connectivity index (χ0) is 13.3. The number of hydrogen-bond acceptors (Lipinski definition) is 3. The molecule has 17 heavy (non-hydrogen) atoms. The van der Waals surface area contributed by atoms with Gasteiger partial charge in [0.15, 0.2) is 0 Å². The number of sulfonamides is 1. The van der Waals surface area contributed by atoms with E-state index in [1.165, 1.54) is 6.92 Å². The molecule has 5 nitrogen and oxygen atoms in total. The Morgan fingerprint density at radius 1 is 1.41 bits per heavy atom. The molecule has 0 aromatic heterocycles. The van der Waals surface area contributed by atoms with Crippen molar-refractivity contribution in [3.63, 3.8) is 0 Å². The van der Waals surface area contributed by atoms with Gasteiger partial charge in [-0.25, -0.2) is 8.42 Å². The maximum absolute atomic E-state index is 12.3. The summed E-state index contributed by atoms with van der Waals surface area (Å²) in [4.78, 5) is 10.8. The molecule has 1 amide bonds. The molecule has 0 saturated carbocycles. The van der Waals surface area contributed by atoms with Gasteiger partial charge in [-0.05, 0) is 12.8 Å². The molecule has 1 atom stereocenters. The summed E-state index contributed by atoms with van der Waals surface area (Å²) in [6.07, 6.45) is 0.768.